The summed E-state index contributed by atoms with van der Waals surface area (Å²) in [5.41, 5.74) is 0. The topological polar surface area (TPSA) is 86.7 Å². The van der Waals surface area contributed by atoms with Gasteiger partial charge in [0.05, 0.1) is 32.1 Å². The SMILES string of the molecule is CCNC(=NCC(c1ccc(C)o1)N1CCOCC1)N1CCN(C(=O)c2ccco2)CC1. The molecule has 4 heterocycles. The molecule has 2 saturated heterocycles. The van der Waals surface area contributed by atoms with Crippen LogP contribution in [0.1, 0.15) is 35.0 Å². The van der Waals surface area contributed by atoms with Crippen LogP contribution in [-0.2, 0) is 4.74 Å². The van der Waals surface area contributed by atoms with Crippen molar-refractivity contribution in [3.63, 3.8) is 0 Å². The first kappa shape index (κ1) is 22.4. The van der Waals surface area contributed by atoms with Crippen molar-refractivity contribution < 1.29 is 18.4 Å². The Morgan fingerprint density at radius 2 is 1.84 bits per heavy atom. The van der Waals surface area contributed by atoms with Crippen molar-refractivity contribution in [2.45, 2.75) is 19.9 Å². The molecule has 9 heteroatoms. The first-order chi connectivity index (χ1) is 15.7. The summed E-state index contributed by atoms with van der Waals surface area (Å²) in [4.78, 5) is 24.0. The maximum absolute atomic E-state index is 12.6. The fourth-order valence-corrected chi connectivity index (χ4v) is 4.18. The molecule has 2 aromatic rings. The van der Waals surface area contributed by atoms with Crippen LogP contribution in [0.25, 0.3) is 0 Å². The lowest BCUT2D eigenvalue weighted by molar-refractivity contribution is 0.0134. The largest absolute Gasteiger partial charge is 0.465 e. The highest BCUT2D eigenvalue weighted by molar-refractivity contribution is 5.91. The third-order valence-corrected chi connectivity index (χ3v) is 5.92. The van der Waals surface area contributed by atoms with E-state index in [1.165, 1.54) is 6.26 Å². The summed E-state index contributed by atoms with van der Waals surface area (Å²) < 4.78 is 16.8. The molecule has 174 valence electrons. The Bertz CT molecular complexity index is 880. The van der Waals surface area contributed by atoms with Gasteiger partial charge in [0.2, 0.25) is 0 Å². The lowest BCUT2D eigenvalue weighted by Crippen LogP contribution is -2.54. The van der Waals surface area contributed by atoms with E-state index in [4.69, 9.17) is 18.6 Å². The second-order valence-electron chi connectivity index (χ2n) is 8.06. The molecule has 1 atom stereocenters. The molecule has 0 radical (unpaired) electrons. The molecule has 1 amide bonds. The zero-order valence-corrected chi connectivity index (χ0v) is 19.0. The fraction of sp³-hybridized carbons (Fsp3) is 0.565. The van der Waals surface area contributed by atoms with Crippen molar-refractivity contribution in [1.82, 2.24) is 20.0 Å². The van der Waals surface area contributed by atoms with Gasteiger partial charge >= 0.3 is 0 Å². The van der Waals surface area contributed by atoms with Crippen molar-refractivity contribution in [3.05, 3.63) is 47.8 Å². The second-order valence-corrected chi connectivity index (χ2v) is 8.06. The van der Waals surface area contributed by atoms with E-state index >= 15 is 0 Å². The number of carbonyl (C=O) groups excluding carboxylic acids is 1. The minimum Gasteiger partial charge on any atom is -0.465 e. The smallest absolute Gasteiger partial charge is 0.289 e. The van der Waals surface area contributed by atoms with Crippen LogP contribution < -0.4 is 5.32 Å². The van der Waals surface area contributed by atoms with E-state index in [2.05, 4.69) is 28.1 Å². The van der Waals surface area contributed by atoms with Crippen LogP contribution in [0.3, 0.4) is 0 Å². The number of amides is 1. The molecule has 0 spiro atoms. The second kappa shape index (κ2) is 10.7. The number of furan rings is 2. The number of carbonyl (C=O) groups is 1. The Morgan fingerprint density at radius 3 is 2.47 bits per heavy atom. The Morgan fingerprint density at radius 1 is 1.09 bits per heavy atom. The molecular weight excluding hydrogens is 410 g/mol. The quantitative estimate of drug-likeness (QED) is 0.540. The van der Waals surface area contributed by atoms with Gasteiger partial charge in [0.1, 0.15) is 11.5 Å². The molecule has 2 aromatic heterocycles. The van der Waals surface area contributed by atoms with Gasteiger partial charge in [0, 0.05) is 45.8 Å². The first-order valence-corrected chi connectivity index (χ1v) is 11.4. The lowest BCUT2D eigenvalue weighted by atomic mass is 10.1. The maximum atomic E-state index is 12.6. The van der Waals surface area contributed by atoms with Crippen LogP contribution in [-0.4, -0.2) is 92.1 Å². The summed E-state index contributed by atoms with van der Waals surface area (Å²) in [6.45, 7) is 11.3. The number of nitrogens with zero attached hydrogens (tertiary/aromatic N) is 4. The lowest BCUT2D eigenvalue weighted by Gasteiger charge is -2.37. The molecule has 2 fully saturated rings. The molecule has 0 aromatic carbocycles. The monoisotopic (exact) mass is 443 g/mol. The number of aliphatic imine (C=N–C) groups is 1. The molecule has 0 aliphatic carbocycles. The molecule has 32 heavy (non-hydrogen) atoms. The van der Waals surface area contributed by atoms with Gasteiger partial charge in [0.25, 0.3) is 5.91 Å². The summed E-state index contributed by atoms with van der Waals surface area (Å²) in [5.74, 6) is 3.06. The van der Waals surface area contributed by atoms with E-state index in [0.29, 0.717) is 25.4 Å². The zero-order valence-electron chi connectivity index (χ0n) is 19.0. The van der Waals surface area contributed by atoms with Crippen molar-refractivity contribution in [3.8, 4) is 0 Å². The normalized spacial score (nSPS) is 19.2. The van der Waals surface area contributed by atoms with Gasteiger partial charge in [-0.3, -0.25) is 14.7 Å². The van der Waals surface area contributed by atoms with E-state index in [9.17, 15) is 4.79 Å². The predicted molar refractivity (Wildman–Crippen MR) is 121 cm³/mol. The number of guanidine groups is 1. The van der Waals surface area contributed by atoms with Gasteiger partial charge in [-0.15, -0.1) is 0 Å². The number of ether oxygens (including phenoxy) is 1. The fourth-order valence-electron chi connectivity index (χ4n) is 4.18. The number of hydrogen-bond acceptors (Lipinski definition) is 6. The number of nitrogens with one attached hydrogen (secondary N) is 1. The van der Waals surface area contributed by atoms with Gasteiger partial charge < -0.3 is 28.7 Å². The average Bonchev–Trinajstić information content (AvgIpc) is 3.51. The van der Waals surface area contributed by atoms with Crippen LogP contribution in [0, 0.1) is 6.92 Å². The van der Waals surface area contributed by atoms with Gasteiger partial charge in [0.15, 0.2) is 11.7 Å². The summed E-state index contributed by atoms with van der Waals surface area (Å²) in [6, 6.07) is 7.58. The van der Waals surface area contributed by atoms with Crippen molar-refractivity contribution in [2.24, 2.45) is 4.99 Å². The maximum Gasteiger partial charge on any atom is 0.289 e. The molecule has 1 N–H and O–H groups in total. The van der Waals surface area contributed by atoms with Crippen LogP contribution >= 0.6 is 0 Å². The number of hydrogen-bond donors (Lipinski definition) is 1. The van der Waals surface area contributed by atoms with E-state index in [1.54, 1.807) is 12.1 Å². The van der Waals surface area contributed by atoms with Crippen molar-refractivity contribution >= 4 is 11.9 Å². The molecule has 1 unspecified atom stereocenters. The van der Waals surface area contributed by atoms with Crippen LogP contribution in [0.15, 0.2) is 44.4 Å². The highest BCUT2D eigenvalue weighted by Crippen LogP contribution is 2.24. The van der Waals surface area contributed by atoms with E-state index in [-0.39, 0.29) is 11.9 Å². The van der Waals surface area contributed by atoms with E-state index in [0.717, 1.165) is 63.4 Å². The van der Waals surface area contributed by atoms with Gasteiger partial charge in [-0.1, -0.05) is 0 Å². The molecule has 0 bridgehead atoms. The Balaban J connectivity index is 1.42. The van der Waals surface area contributed by atoms with Crippen LogP contribution in [0.5, 0.6) is 0 Å². The standard InChI is InChI=1S/C23H33N5O4/c1-3-24-23(28-10-8-27(9-11-28)22(29)21-5-4-14-31-21)25-17-19(20-7-6-18(2)32-20)26-12-15-30-16-13-26/h4-7,14,19H,3,8-13,15-17H2,1-2H3,(H,24,25). The summed E-state index contributed by atoms with van der Waals surface area (Å²) in [6.07, 6.45) is 1.53. The van der Waals surface area contributed by atoms with Crippen molar-refractivity contribution in [1.29, 1.82) is 0 Å². The highest BCUT2D eigenvalue weighted by atomic mass is 16.5. The minimum absolute atomic E-state index is 0.0582. The number of rotatable bonds is 6. The molecule has 2 aliphatic heterocycles. The number of morpholine rings is 1. The zero-order chi connectivity index (χ0) is 22.3. The average molecular weight is 444 g/mol. The van der Waals surface area contributed by atoms with E-state index < -0.39 is 0 Å². The van der Waals surface area contributed by atoms with E-state index in [1.807, 2.05) is 17.9 Å². The highest BCUT2D eigenvalue weighted by Gasteiger charge is 2.27. The van der Waals surface area contributed by atoms with Gasteiger partial charge in [-0.05, 0) is 38.1 Å². The van der Waals surface area contributed by atoms with Crippen molar-refractivity contribution in [2.75, 3.05) is 65.6 Å². The predicted octanol–water partition coefficient (Wildman–Crippen LogP) is 1.98. The molecule has 0 saturated carbocycles. The third-order valence-electron chi connectivity index (χ3n) is 5.92. The molecule has 2 aliphatic rings. The minimum atomic E-state index is -0.0582. The number of piperazine rings is 1. The van der Waals surface area contributed by atoms with Crippen LogP contribution in [0.4, 0.5) is 0 Å². The van der Waals surface area contributed by atoms with Crippen LogP contribution in [0.2, 0.25) is 0 Å². The molecule has 9 nitrogen and oxygen atoms in total. The Labute approximate surface area is 189 Å². The Kier molecular flexibility index (Phi) is 7.49. The summed E-state index contributed by atoms with van der Waals surface area (Å²) in [5, 5.41) is 3.42. The number of aryl methyl sites for hydroxylation is 1. The summed E-state index contributed by atoms with van der Waals surface area (Å²) >= 11 is 0. The van der Waals surface area contributed by atoms with Gasteiger partial charge in [-0.2, -0.15) is 0 Å². The third kappa shape index (κ3) is 5.34. The molecular formula is C23H33N5O4. The summed E-state index contributed by atoms with van der Waals surface area (Å²) in [7, 11) is 0. The Hall–Kier alpha value is -2.78. The molecule has 4 rings (SSSR count). The first-order valence-electron chi connectivity index (χ1n) is 11.4. The van der Waals surface area contributed by atoms with Gasteiger partial charge in [-0.25, -0.2) is 0 Å².